The number of rotatable bonds is 5. The van der Waals surface area contributed by atoms with E-state index in [1.54, 1.807) is 0 Å². The molecule has 0 radical (unpaired) electrons. The highest BCUT2D eigenvalue weighted by atomic mass is 79.9. The number of hydrogen-bond acceptors (Lipinski definition) is 4. The third kappa shape index (κ3) is 3.37. The van der Waals surface area contributed by atoms with E-state index in [-0.39, 0.29) is 23.6 Å². The van der Waals surface area contributed by atoms with Gasteiger partial charge in [-0.05, 0) is 13.0 Å². The van der Waals surface area contributed by atoms with Gasteiger partial charge in [0, 0.05) is 16.1 Å². The van der Waals surface area contributed by atoms with Crippen molar-refractivity contribution in [2.75, 3.05) is 13.3 Å². The second-order valence-corrected chi connectivity index (χ2v) is 4.23. The Balaban J connectivity index is 3.31. The highest BCUT2D eigenvalue weighted by Gasteiger charge is 2.23. The summed E-state index contributed by atoms with van der Waals surface area (Å²) in [6, 6.07) is 2.75. The normalized spacial score (nSPS) is 12.2. The van der Waals surface area contributed by atoms with Crippen LogP contribution >= 0.6 is 15.9 Å². The zero-order chi connectivity index (χ0) is 13.0. The maximum Gasteiger partial charge on any atom is 0.312 e. The van der Waals surface area contributed by atoms with Gasteiger partial charge in [-0.1, -0.05) is 15.9 Å². The first kappa shape index (κ1) is 13.9. The van der Waals surface area contributed by atoms with Crippen molar-refractivity contribution in [1.29, 1.82) is 0 Å². The van der Waals surface area contributed by atoms with Crippen LogP contribution in [0.25, 0.3) is 0 Å². The molecule has 0 spiro atoms. The van der Waals surface area contributed by atoms with Crippen LogP contribution in [0.15, 0.2) is 16.6 Å². The molecule has 1 rings (SSSR count). The van der Waals surface area contributed by atoms with Gasteiger partial charge in [-0.3, -0.25) is 10.1 Å². The van der Waals surface area contributed by atoms with Crippen molar-refractivity contribution in [3.63, 3.8) is 0 Å². The molecule has 17 heavy (non-hydrogen) atoms. The van der Waals surface area contributed by atoms with Gasteiger partial charge in [0.05, 0.1) is 11.0 Å². The Labute approximate surface area is 105 Å². The number of aliphatic hydroxyl groups excluding tert-OH is 1. The summed E-state index contributed by atoms with van der Waals surface area (Å²) in [5.74, 6) is -0.0918. The average molecular weight is 308 g/mol. The molecule has 0 heterocycles. The standard InChI is InChI=1S/C10H11BrFNO4/c1-6(14)8-4-7(11)5-9(13(15)16)10(8)17-3-2-12/h4-6,14H,2-3H2,1H3. The first-order valence-corrected chi connectivity index (χ1v) is 5.61. The van der Waals surface area contributed by atoms with Gasteiger partial charge < -0.3 is 9.84 Å². The second-order valence-electron chi connectivity index (χ2n) is 3.31. The van der Waals surface area contributed by atoms with Crippen molar-refractivity contribution < 1.29 is 19.2 Å². The van der Waals surface area contributed by atoms with Gasteiger partial charge in [0.25, 0.3) is 0 Å². The van der Waals surface area contributed by atoms with E-state index in [4.69, 9.17) is 4.74 Å². The van der Waals surface area contributed by atoms with Crippen molar-refractivity contribution in [3.8, 4) is 5.75 Å². The van der Waals surface area contributed by atoms with E-state index in [0.29, 0.717) is 4.47 Å². The lowest BCUT2D eigenvalue weighted by Crippen LogP contribution is -2.06. The molecule has 1 aromatic rings. The maximum atomic E-state index is 12.1. The van der Waals surface area contributed by atoms with E-state index in [2.05, 4.69) is 15.9 Å². The fraction of sp³-hybridized carbons (Fsp3) is 0.400. The van der Waals surface area contributed by atoms with Crippen molar-refractivity contribution in [3.05, 3.63) is 32.3 Å². The molecular formula is C10H11BrFNO4. The maximum absolute atomic E-state index is 12.1. The van der Waals surface area contributed by atoms with Gasteiger partial charge in [-0.15, -0.1) is 0 Å². The molecule has 0 aliphatic rings. The smallest absolute Gasteiger partial charge is 0.312 e. The first-order chi connectivity index (χ1) is 7.97. The van der Waals surface area contributed by atoms with E-state index < -0.39 is 17.7 Å². The molecule has 0 saturated carbocycles. The summed E-state index contributed by atoms with van der Waals surface area (Å²) in [7, 11) is 0. The van der Waals surface area contributed by atoms with Gasteiger partial charge in [-0.25, -0.2) is 4.39 Å². The largest absolute Gasteiger partial charge is 0.484 e. The average Bonchev–Trinajstić information content (AvgIpc) is 2.26. The molecule has 0 aliphatic carbocycles. The predicted octanol–water partition coefficient (Wildman–Crippen LogP) is 2.76. The molecule has 0 saturated heterocycles. The van der Waals surface area contributed by atoms with Gasteiger partial charge in [-0.2, -0.15) is 0 Å². The van der Waals surface area contributed by atoms with Crippen molar-refractivity contribution in [1.82, 2.24) is 0 Å². The SMILES string of the molecule is CC(O)c1cc(Br)cc([N+](=O)[O-])c1OCCF. The summed E-state index contributed by atoms with van der Waals surface area (Å²) < 4.78 is 17.5. The summed E-state index contributed by atoms with van der Waals surface area (Å²) in [6.45, 7) is 0.405. The minimum Gasteiger partial charge on any atom is -0.484 e. The van der Waals surface area contributed by atoms with Crippen LogP contribution in [-0.2, 0) is 0 Å². The number of nitro benzene ring substituents is 1. The molecule has 5 nitrogen and oxygen atoms in total. The molecule has 0 bridgehead atoms. The lowest BCUT2D eigenvalue weighted by molar-refractivity contribution is -0.386. The summed E-state index contributed by atoms with van der Waals surface area (Å²) in [5, 5.41) is 20.4. The Morgan fingerprint density at radius 3 is 2.76 bits per heavy atom. The summed E-state index contributed by atoms with van der Waals surface area (Å²) in [5.41, 5.74) is -0.0525. The molecule has 1 unspecified atom stereocenters. The van der Waals surface area contributed by atoms with E-state index in [1.807, 2.05) is 0 Å². The second kappa shape index (κ2) is 5.92. The Morgan fingerprint density at radius 1 is 1.65 bits per heavy atom. The zero-order valence-corrected chi connectivity index (χ0v) is 10.6. The number of nitrogens with zero attached hydrogens (tertiary/aromatic N) is 1. The van der Waals surface area contributed by atoms with Crippen LogP contribution in [0.3, 0.4) is 0 Å². The number of alkyl halides is 1. The number of ether oxygens (including phenoxy) is 1. The molecule has 1 N–H and O–H groups in total. The minimum atomic E-state index is -0.944. The van der Waals surface area contributed by atoms with Crippen LogP contribution in [0.4, 0.5) is 10.1 Å². The zero-order valence-electron chi connectivity index (χ0n) is 9.02. The lowest BCUT2D eigenvalue weighted by atomic mass is 10.1. The molecule has 1 atom stereocenters. The number of hydrogen-bond donors (Lipinski definition) is 1. The Bertz CT molecular complexity index is 425. The van der Waals surface area contributed by atoms with Crippen LogP contribution in [0.5, 0.6) is 5.75 Å². The Morgan fingerprint density at radius 2 is 2.29 bits per heavy atom. The summed E-state index contributed by atoms with van der Waals surface area (Å²) in [6.07, 6.45) is -0.944. The molecule has 0 amide bonds. The highest BCUT2D eigenvalue weighted by Crippen LogP contribution is 2.37. The Kier molecular flexibility index (Phi) is 4.83. The van der Waals surface area contributed by atoms with Crippen molar-refractivity contribution in [2.24, 2.45) is 0 Å². The van der Waals surface area contributed by atoms with Gasteiger partial charge in [0.2, 0.25) is 5.75 Å². The van der Waals surface area contributed by atoms with Crippen LogP contribution < -0.4 is 4.74 Å². The van der Waals surface area contributed by atoms with Crippen LogP contribution in [0.1, 0.15) is 18.6 Å². The molecule has 0 aromatic heterocycles. The topological polar surface area (TPSA) is 72.6 Å². The summed E-state index contributed by atoms with van der Waals surface area (Å²) >= 11 is 3.11. The molecule has 7 heteroatoms. The molecular weight excluding hydrogens is 297 g/mol. The van der Waals surface area contributed by atoms with E-state index in [0.717, 1.165) is 0 Å². The fourth-order valence-electron chi connectivity index (χ4n) is 1.34. The van der Waals surface area contributed by atoms with E-state index in [1.165, 1.54) is 19.1 Å². The van der Waals surface area contributed by atoms with Crippen LogP contribution in [-0.4, -0.2) is 23.3 Å². The van der Waals surface area contributed by atoms with E-state index >= 15 is 0 Å². The molecule has 0 fully saturated rings. The van der Waals surface area contributed by atoms with E-state index in [9.17, 15) is 19.6 Å². The van der Waals surface area contributed by atoms with Crippen molar-refractivity contribution in [2.45, 2.75) is 13.0 Å². The van der Waals surface area contributed by atoms with Gasteiger partial charge in [0.1, 0.15) is 13.3 Å². The van der Waals surface area contributed by atoms with Crippen molar-refractivity contribution >= 4 is 21.6 Å². The van der Waals surface area contributed by atoms with Crippen LogP contribution in [0, 0.1) is 10.1 Å². The number of benzene rings is 1. The van der Waals surface area contributed by atoms with Gasteiger partial charge >= 0.3 is 5.69 Å². The third-order valence-corrected chi connectivity index (χ3v) is 2.49. The monoisotopic (exact) mass is 307 g/mol. The fourth-order valence-corrected chi connectivity index (χ4v) is 1.81. The molecule has 0 aliphatic heterocycles. The summed E-state index contributed by atoms with van der Waals surface area (Å²) in [4.78, 5) is 10.2. The third-order valence-electron chi connectivity index (χ3n) is 2.03. The first-order valence-electron chi connectivity index (χ1n) is 4.82. The quantitative estimate of drug-likeness (QED) is 0.670. The molecule has 94 valence electrons. The predicted molar refractivity (Wildman–Crippen MR) is 62.9 cm³/mol. The molecule has 1 aromatic carbocycles. The highest BCUT2D eigenvalue weighted by molar-refractivity contribution is 9.10. The lowest BCUT2D eigenvalue weighted by Gasteiger charge is -2.13. The number of aliphatic hydroxyl groups is 1. The van der Waals surface area contributed by atoms with Crippen LogP contribution in [0.2, 0.25) is 0 Å². The number of halogens is 2. The van der Waals surface area contributed by atoms with Gasteiger partial charge in [0.15, 0.2) is 0 Å². The Hall–Kier alpha value is -1.21. The number of nitro groups is 1. The minimum absolute atomic E-state index is 0.0918.